The molecule has 0 aliphatic carbocycles. The summed E-state index contributed by atoms with van der Waals surface area (Å²) in [6.45, 7) is 9.30. The van der Waals surface area contributed by atoms with Crippen molar-refractivity contribution < 1.29 is 18.7 Å². The number of carbonyl (C=O) groups excluding carboxylic acids is 1. The molecular weight excluding hydrogens is 538 g/mol. The second kappa shape index (κ2) is 14.0. The van der Waals surface area contributed by atoms with Crippen LogP contribution in [0.5, 0.6) is 0 Å². The lowest BCUT2D eigenvalue weighted by atomic mass is 9.99. The molecule has 0 saturated heterocycles. The summed E-state index contributed by atoms with van der Waals surface area (Å²) in [4.78, 5) is 15.1. The highest BCUT2D eigenvalue weighted by Gasteiger charge is 2.51. The lowest BCUT2D eigenvalue weighted by Crippen LogP contribution is -2.67. The summed E-state index contributed by atoms with van der Waals surface area (Å²) in [5.74, 6) is 0. The molecule has 0 saturated carbocycles. The van der Waals surface area contributed by atoms with Crippen molar-refractivity contribution in [3.63, 3.8) is 0 Å². The standard InChI is InChI=1S/C36H43NO4Si/c1-28-22-24-30(25-23-28)34(37(5)35(38)40-26-29-16-10-7-11-17-29)33(39-6)27-41-42(36(2,3)4,31-18-12-8-13-19-31)32-20-14-9-15-21-32/h7-25,33-34H,26-27H2,1-6H3/t33-,34+/m0/s1. The van der Waals surface area contributed by atoms with Crippen LogP contribution in [0.4, 0.5) is 4.79 Å². The zero-order valence-electron chi connectivity index (χ0n) is 25.6. The van der Waals surface area contributed by atoms with Gasteiger partial charge in [0.15, 0.2) is 0 Å². The van der Waals surface area contributed by atoms with Crippen molar-refractivity contribution >= 4 is 24.8 Å². The third-order valence-electron chi connectivity index (χ3n) is 7.87. The monoisotopic (exact) mass is 581 g/mol. The highest BCUT2D eigenvalue weighted by molar-refractivity contribution is 6.99. The van der Waals surface area contributed by atoms with Gasteiger partial charge in [0, 0.05) is 14.2 Å². The van der Waals surface area contributed by atoms with Crippen LogP contribution in [0.25, 0.3) is 0 Å². The number of benzene rings is 4. The van der Waals surface area contributed by atoms with E-state index in [0.29, 0.717) is 6.61 Å². The molecule has 220 valence electrons. The molecule has 0 N–H and O–H groups in total. The molecule has 0 radical (unpaired) electrons. The van der Waals surface area contributed by atoms with Crippen LogP contribution in [0.3, 0.4) is 0 Å². The number of hydrogen-bond acceptors (Lipinski definition) is 4. The smallest absolute Gasteiger partial charge is 0.410 e. The SMILES string of the molecule is CO[C@@H](CO[Si](c1ccccc1)(c1ccccc1)C(C)(C)C)[C@@H](c1ccc(C)cc1)N(C)C(=O)OCc1ccccc1. The van der Waals surface area contributed by atoms with Gasteiger partial charge in [-0.3, -0.25) is 0 Å². The molecule has 1 amide bonds. The maximum absolute atomic E-state index is 13.4. The van der Waals surface area contributed by atoms with Gasteiger partial charge < -0.3 is 18.8 Å². The Morgan fingerprint density at radius 1 is 0.786 bits per heavy atom. The fourth-order valence-corrected chi connectivity index (χ4v) is 10.2. The normalized spacial score (nSPS) is 13.3. The molecule has 0 fully saturated rings. The summed E-state index contributed by atoms with van der Waals surface area (Å²) < 4.78 is 19.1. The molecule has 42 heavy (non-hydrogen) atoms. The van der Waals surface area contributed by atoms with Crippen molar-refractivity contribution in [1.29, 1.82) is 0 Å². The summed E-state index contributed by atoms with van der Waals surface area (Å²) in [7, 11) is 0.635. The number of hydrogen-bond donors (Lipinski definition) is 0. The Balaban J connectivity index is 1.69. The first kappa shape index (κ1) is 31.2. The summed E-state index contributed by atoms with van der Waals surface area (Å²) in [6.07, 6.45) is -0.874. The predicted octanol–water partition coefficient (Wildman–Crippen LogP) is 6.90. The zero-order valence-corrected chi connectivity index (χ0v) is 26.6. The molecule has 4 aromatic rings. The van der Waals surface area contributed by atoms with E-state index < -0.39 is 26.6 Å². The van der Waals surface area contributed by atoms with E-state index in [0.717, 1.165) is 16.7 Å². The Hall–Kier alpha value is -3.71. The lowest BCUT2D eigenvalue weighted by molar-refractivity contribution is -0.0108. The van der Waals surface area contributed by atoms with Gasteiger partial charge in [-0.25, -0.2) is 4.79 Å². The number of carbonyl (C=O) groups is 1. The number of likely N-dealkylation sites (N-methyl/N-ethyl adjacent to an activating group) is 1. The number of rotatable bonds is 11. The quantitative estimate of drug-likeness (QED) is 0.181. The number of amides is 1. The average Bonchev–Trinajstić information content (AvgIpc) is 3.01. The Labute approximate surface area is 252 Å². The second-order valence-electron chi connectivity index (χ2n) is 11.8. The Morgan fingerprint density at radius 2 is 1.29 bits per heavy atom. The van der Waals surface area contributed by atoms with Gasteiger partial charge in [0.2, 0.25) is 0 Å². The summed E-state index contributed by atoms with van der Waals surface area (Å²) in [5.41, 5.74) is 3.03. The minimum atomic E-state index is -2.82. The van der Waals surface area contributed by atoms with Crippen LogP contribution in [0.2, 0.25) is 5.04 Å². The zero-order chi connectivity index (χ0) is 30.2. The van der Waals surface area contributed by atoms with E-state index in [4.69, 9.17) is 13.9 Å². The topological polar surface area (TPSA) is 48.0 Å². The largest absolute Gasteiger partial charge is 0.445 e. The van der Waals surface area contributed by atoms with Crippen molar-refractivity contribution in [2.24, 2.45) is 0 Å². The molecule has 4 aromatic carbocycles. The average molecular weight is 582 g/mol. The fourth-order valence-electron chi connectivity index (χ4n) is 5.64. The van der Waals surface area contributed by atoms with Gasteiger partial charge in [-0.1, -0.05) is 142 Å². The van der Waals surface area contributed by atoms with Crippen LogP contribution in [0.15, 0.2) is 115 Å². The predicted molar refractivity (Wildman–Crippen MR) is 173 cm³/mol. The Kier molecular flexibility index (Phi) is 10.4. The molecule has 0 heterocycles. The first-order chi connectivity index (χ1) is 20.2. The summed E-state index contributed by atoms with van der Waals surface area (Å²) >= 11 is 0. The Morgan fingerprint density at radius 3 is 1.76 bits per heavy atom. The second-order valence-corrected chi connectivity index (χ2v) is 16.1. The minimum Gasteiger partial charge on any atom is -0.445 e. The maximum Gasteiger partial charge on any atom is 0.410 e. The van der Waals surface area contributed by atoms with E-state index in [1.54, 1.807) is 19.1 Å². The van der Waals surface area contributed by atoms with Crippen LogP contribution < -0.4 is 10.4 Å². The number of nitrogens with zero attached hydrogens (tertiary/aromatic N) is 1. The third kappa shape index (κ3) is 7.01. The van der Waals surface area contributed by atoms with Crippen LogP contribution in [0, 0.1) is 6.92 Å². The van der Waals surface area contributed by atoms with Crippen molar-refractivity contribution in [1.82, 2.24) is 4.90 Å². The lowest BCUT2D eigenvalue weighted by Gasteiger charge is -2.44. The van der Waals surface area contributed by atoms with Gasteiger partial charge in [0.1, 0.15) is 12.7 Å². The van der Waals surface area contributed by atoms with Crippen molar-refractivity contribution in [3.05, 3.63) is 132 Å². The van der Waals surface area contributed by atoms with Crippen molar-refractivity contribution in [3.8, 4) is 0 Å². The summed E-state index contributed by atoms with van der Waals surface area (Å²) in [5, 5.41) is 2.20. The highest BCUT2D eigenvalue weighted by atomic mass is 28.4. The third-order valence-corrected chi connectivity index (χ3v) is 12.9. The van der Waals surface area contributed by atoms with Gasteiger partial charge in [-0.2, -0.15) is 0 Å². The van der Waals surface area contributed by atoms with Crippen LogP contribution in [0.1, 0.15) is 43.5 Å². The molecule has 0 aliphatic rings. The molecular formula is C36H43NO4Si. The van der Waals surface area contributed by atoms with Gasteiger partial charge in [0.25, 0.3) is 8.32 Å². The van der Waals surface area contributed by atoms with Crippen molar-refractivity contribution in [2.75, 3.05) is 20.8 Å². The highest BCUT2D eigenvalue weighted by Crippen LogP contribution is 2.38. The number of aryl methyl sites for hydroxylation is 1. The minimum absolute atomic E-state index is 0.187. The van der Waals surface area contributed by atoms with Crippen LogP contribution in [-0.2, 0) is 20.5 Å². The molecule has 0 spiro atoms. The molecule has 0 bridgehead atoms. The van der Waals surface area contributed by atoms with Gasteiger partial charge in [0.05, 0.1) is 12.6 Å². The van der Waals surface area contributed by atoms with E-state index in [2.05, 4.69) is 100 Å². The van der Waals surface area contributed by atoms with E-state index >= 15 is 0 Å². The number of ether oxygens (including phenoxy) is 2. The van der Waals surface area contributed by atoms with Gasteiger partial charge in [-0.05, 0) is 33.5 Å². The first-order valence-corrected chi connectivity index (χ1v) is 16.4. The maximum atomic E-state index is 13.4. The van der Waals surface area contributed by atoms with Crippen LogP contribution in [-0.4, -0.2) is 46.2 Å². The molecule has 0 aromatic heterocycles. The van der Waals surface area contributed by atoms with Crippen molar-refractivity contribution in [2.45, 2.75) is 51.5 Å². The molecule has 4 rings (SSSR count). The van der Waals surface area contributed by atoms with E-state index in [1.807, 2.05) is 42.5 Å². The molecule has 0 aliphatic heterocycles. The van der Waals surface area contributed by atoms with Crippen LogP contribution >= 0.6 is 0 Å². The fraction of sp³-hybridized carbons (Fsp3) is 0.306. The molecule has 6 heteroatoms. The van der Waals surface area contributed by atoms with Gasteiger partial charge in [-0.15, -0.1) is 0 Å². The molecule has 5 nitrogen and oxygen atoms in total. The molecule has 0 unspecified atom stereocenters. The Bertz CT molecular complexity index is 1350. The van der Waals surface area contributed by atoms with E-state index in [1.165, 1.54) is 10.4 Å². The number of methoxy groups -OCH3 is 1. The first-order valence-electron chi connectivity index (χ1n) is 14.4. The summed E-state index contributed by atoms with van der Waals surface area (Å²) in [6, 6.07) is 38.6. The van der Waals surface area contributed by atoms with Gasteiger partial charge >= 0.3 is 6.09 Å². The van der Waals surface area contributed by atoms with E-state index in [9.17, 15) is 4.79 Å². The van der Waals surface area contributed by atoms with E-state index in [-0.39, 0.29) is 11.6 Å². The molecule has 2 atom stereocenters.